The Bertz CT molecular complexity index is 232. The van der Waals surface area contributed by atoms with Crippen molar-refractivity contribution in [1.29, 1.82) is 0 Å². The second kappa shape index (κ2) is 5.29. The van der Waals surface area contributed by atoms with E-state index in [9.17, 15) is 9.59 Å². The van der Waals surface area contributed by atoms with Crippen LogP contribution in [0.1, 0.15) is 46.5 Å². The number of amides is 2. The van der Waals surface area contributed by atoms with Gasteiger partial charge in [0.2, 0.25) is 11.8 Å². The predicted octanol–water partition coefficient (Wildman–Crippen LogP) is 2.11. The number of hydrogen-bond donors (Lipinski definition) is 1. The molecule has 3 nitrogen and oxygen atoms in total. The first-order valence-corrected chi connectivity index (χ1v) is 5.80. The normalized spacial score (nSPS) is 20.5. The summed E-state index contributed by atoms with van der Waals surface area (Å²) in [7, 11) is 0. The van der Waals surface area contributed by atoms with Crippen LogP contribution in [0.25, 0.3) is 0 Å². The Labute approximate surface area is 91.6 Å². The maximum absolute atomic E-state index is 11.2. The van der Waals surface area contributed by atoms with Gasteiger partial charge in [0.25, 0.3) is 0 Å². The highest BCUT2D eigenvalue weighted by Crippen LogP contribution is 2.25. The average Bonchev–Trinajstić information content (AvgIpc) is 1.98. The third-order valence-corrected chi connectivity index (χ3v) is 2.84. The molecule has 1 atom stereocenters. The SMILES string of the molecule is CC(C)C[C@H](C)CC1CC(=O)NC(=O)C1. The molecule has 0 aliphatic carbocycles. The number of piperidine rings is 1. The summed E-state index contributed by atoms with van der Waals surface area (Å²) in [5, 5.41) is 2.35. The fourth-order valence-corrected chi connectivity index (χ4v) is 2.49. The van der Waals surface area contributed by atoms with Crippen LogP contribution >= 0.6 is 0 Å². The number of hydrogen-bond acceptors (Lipinski definition) is 2. The van der Waals surface area contributed by atoms with Crippen molar-refractivity contribution in [3.8, 4) is 0 Å². The fourth-order valence-electron chi connectivity index (χ4n) is 2.49. The van der Waals surface area contributed by atoms with Crippen LogP contribution in [-0.2, 0) is 9.59 Å². The minimum absolute atomic E-state index is 0.104. The smallest absolute Gasteiger partial charge is 0.226 e. The van der Waals surface area contributed by atoms with Gasteiger partial charge in [0.05, 0.1) is 0 Å². The molecular formula is C12H21NO2. The highest BCUT2D eigenvalue weighted by atomic mass is 16.2. The molecular weight excluding hydrogens is 190 g/mol. The van der Waals surface area contributed by atoms with Gasteiger partial charge in [-0.1, -0.05) is 20.8 Å². The van der Waals surface area contributed by atoms with Gasteiger partial charge in [-0.25, -0.2) is 0 Å². The minimum Gasteiger partial charge on any atom is -0.296 e. The lowest BCUT2D eigenvalue weighted by Gasteiger charge is -2.24. The Balaban J connectivity index is 2.37. The zero-order valence-corrected chi connectivity index (χ0v) is 9.88. The van der Waals surface area contributed by atoms with E-state index in [0.29, 0.717) is 24.7 Å². The van der Waals surface area contributed by atoms with Gasteiger partial charge >= 0.3 is 0 Å². The van der Waals surface area contributed by atoms with Crippen LogP contribution in [0.5, 0.6) is 0 Å². The van der Waals surface area contributed by atoms with Gasteiger partial charge in [-0.15, -0.1) is 0 Å². The number of rotatable bonds is 4. The molecule has 0 unspecified atom stereocenters. The predicted molar refractivity (Wildman–Crippen MR) is 59.1 cm³/mol. The summed E-state index contributed by atoms with van der Waals surface area (Å²) in [6.07, 6.45) is 3.21. The number of carbonyl (C=O) groups excluding carboxylic acids is 2. The molecule has 0 aromatic carbocycles. The van der Waals surface area contributed by atoms with Crippen LogP contribution < -0.4 is 5.32 Å². The van der Waals surface area contributed by atoms with E-state index in [4.69, 9.17) is 0 Å². The van der Waals surface area contributed by atoms with Crippen molar-refractivity contribution in [3.63, 3.8) is 0 Å². The molecule has 1 N–H and O–H groups in total. The van der Waals surface area contributed by atoms with E-state index in [1.807, 2.05) is 0 Å². The summed E-state index contributed by atoms with van der Waals surface area (Å²) in [4.78, 5) is 22.3. The van der Waals surface area contributed by atoms with Crippen LogP contribution in [0.2, 0.25) is 0 Å². The molecule has 15 heavy (non-hydrogen) atoms. The van der Waals surface area contributed by atoms with E-state index in [1.54, 1.807) is 0 Å². The molecule has 1 aliphatic rings. The van der Waals surface area contributed by atoms with Gasteiger partial charge in [0.15, 0.2) is 0 Å². The van der Waals surface area contributed by atoms with Gasteiger partial charge in [-0.05, 0) is 30.6 Å². The van der Waals surface area contributed by atoms with E-state index in [-0.39, 0.29) is 17.7 Å². The molecule has 1 rings (SSSR count). The van der Waals surface area contributed by atoms with Crippen LogP contribution in [0.4, 0.5) is 0 Å². The Morgan fingerprint density at radius 2 is 1.73 bits per heavy atom. The number of nitrogens with one attached hydrogen (secondary N) is 1. The number of carbonyl (C=O) groups is 2. The average molecular weight is 211 g/mol. The molecule has 1 saturated heterocycles. The van der Waals surface area contributed by atoms with Crippen LogP contribution in [0.15, 0.2) is 0 Å². The van der Waals surface area contributed by atoms with Crippen LogP contribution in [0, 0.1) is 17.8 Å². The molecule has 0 aromatic heterocycles. The summed E-state index contributed by atoms with van der Waals surface area (Å²) in [6, 6.07) is 0. The Morgan fingerprint density at radius 1 is 1.20 bits per heavy atom. The number of imide groups is 1. The quantitative estimate of drug-likeness (QED) is 0.724. The van der Waals surface area contributed by atoms with Gasteiger partial charge < -0.3 is 0 Å². The molecule has 0 aromatic rings. The van der Waals surface area contributed by atoms with Crippen molar-refractivity contribution >= 4 is 11.8 Å². The van der Waals surface area contributed by atoms with E-state index >= 15 is 0 Å². The summed E-state index contributed by atoms with van der Waals surface area (Å²) in [6.45, 7) is 6.61. The summed E-state index contributed by atoms with van der Waals surface area (Å²) < 4.78 is 0. The highest BCUT2D eigenvalue weighted by molar-refractivity contribution is 5.97. The monoisotopic (exact) mass is 211 g/mol. The summed E-state index contributed by atoms with van der Waals surface area (Å²) in [5.41, 5.74) is 0. The van der Waals surface area contributed by atoms with Crippen molar-refractivity contribution in [2.24, 2.45) is 17.8 Å². The molecule has 0 radical (unpaired) electrons. The molecule has 0 bridgehead atoms. The highest BCUT2D eigenvalue weighted by Gasteiger charge is 2.26. The van der Waals surface area contributed by atoms with Crippen molar-refractivity contribution in [2.45, 2.75) is 46.5 Å². The van der Waals surface area contributed by atoms with Crippen molar-refractivity contribution in [3.05, 3.63) is 0 Å². The van der Waals surface area contributed by atoms with Gasteiger partial charge in [0.1, 0.15) is 0 Å². The molecule has 1 aliphatic heterocycles. The van der Waals surface area contributed by atoms with Gasteiger partial charge in [-0.3, -0.25) is 14.9 Å². The molecule has 86 valence electrons. The van der Waals surface area contributed by atoms with E-state index in [2.05, 4.69) is 26.1 Å². The zero-order chi connectivity index (χ0) is 11.4. The maximum atomic E-state index is 11.2. The Morgan fingerprint density at radius 3 is 2.20 bits per heavy atom. The maximum Gasteiger partial charge on any atom is 0.226 e. The van der Waals surface area contributed by atoms with E-state index < -0.39 is 0 Å². The van der Waals surface area contributed by atoms with Gasteiger partial charge in [-0.2, -0.15) is 0 Å². The van der Waals surface area contributed by atoms with E-state index in [1.165, 1.54) is 6.42 Å². The lowest BCUT2D eigenvalue weighted by atomic mass is 9.84. The zero-order valence-electron chi connectivity index (χ0n) is 9.88. The Kier molecular flexibility index (Phi) is 4.30. The second-order valence-corrected chi connectivity index (χ2v) is 5.22. The molecule has 1 heterocycles. The molecule has 1 fully saturated rings. The molecule has 0 spiro atoms. The second-order valence-electron chi connectivity index (χ2n) is 5.22. The largest absolute Gasteiger partial charge is 0.296 e. The minimum atomic E-state index is -0.104. The third kappa shape index (κ3) is 4.45. The van der Waals surface area contributed by atoms with Crippen LogP contribution in [0.3, 0.4) is 0 Å². The first kappa shape index (κ1) is 12.2. The van der Waals surface area contributed by atoms with Crippen molar-refractivity contribution in [2.75, 3.05) is 0 Å². The molecule has 0 saturated carbocycles. The first-order chi connectivity index (χ1) is 6.97. The van der Waals surface area contributed by atoms with Crippen molar-refractivity contribution in [1.82, 2.24) is 5.32 Å². The van der Waals surface area contributed by atoms with Crippen molar-refractivity contribution < 1.29 is 9.59 Å². The van der Waals surface area contributed by atoms with E-state index in [0.717, 1.165) is 6.42 Å². The summed E-state index contributed by atoms with van der Waals surface area (Å²) in [5.74, 6) is 1.35. The fraction of sp³-hybridized carbons (Fsp3) is 0.833. The molecule has 2 amide bonds. The summed E-state index contributed by atoms with van der Waals surface area (Å²) >= 11 is 0. The van der Waals surface area contributed by atoms with Gasteiger partial charge in [0, 0.05) is 12.8 Å². The standard InChI is InChI=1S/C12H21NO2/c1-8(2)4-9(3)5-10-6-11(14)13-12(15)7-10/h8-10H,4-7H2,1-3H3,(H,13,14,15)/t9-/m0/s1. The lowest BCUT2D eigenvalue weighted by molar-refractivity contribution is -0.135. The molecule has 3 heteroatoms. The van der Waals surface area contributed by atoms with Crippen LogP contribution in [-0.4, -0.2) is 11.8 Å². The first-order valence-electron chi connectivity index (χ1n) is 5.80. The third-order valence-electron chi connectivity index (χ3n) is 2.84. The Hall–Kier alpha value is -0.860. The lowest BCUT2D eigenvalue weighted by Crippen LogP contribution is -2.38. The topological polar surface area (TPSA) is 46.2 Å².